The van der Waals surface area contributed by atoms with Crippen LogP contribution in [0.5, 0.6) is 0 Å². The van der Waals surface area contributed by atoms with Crippen molar-refractivity contribution in [2.24, 2.45) is 0 Å². The van der Waals surface area contributed by atoms with Gasteiger partial charge < -0.3 is 4.90 Å². The second-order valence-electron chi connectivity index (χ2n) is 3.23. The predicted molar refractivity (Wildman–Crippen MR) is 61.1 cm³/mol. The van der Waals surface area contributed by atoms with Crippen molar-refractivity contribution in [2.45, 2.75) is 6.42 Å². The predicted octanol–water partition coefficient (Wildman–Crippen LogP) is 2.41. The zero-order chi connectivity index (χ0) is 11.0. The number of halogens is 2. The second kappa shape index (κ2) is 3.94. The summed E-state index contributed by atoms with van der Waals surface area (Å²) in [7, 11) is 0. The number of carbonyl (C=O) groups excluding carboxylic acids is 2. The number of Topliss-reactive ketones (excluding diaryl/α,β-unsaturated/α-hetero) is 1. The van der Waals surface area contributed by atoms with Crippen LogP contribution in [0.2, 0.25) is 5.02 Å². The van der Waals surface area contributed by atoms with Crippen LogP contribution in [0.1, 0.15) is 6.42 Å². The fraction of sp³-hybridized carbons (Fsp3) is 0.200. The number of hydrogen-bond donors (Lipinski definition) is 0. The van der Waals surface area contributed by atoms with Crippen LogP contribution in [0, 0.1) is 0 Å². The topological polar surface area (TPSA) is 37.4 Å². The maximum atomic E-state index is 11.4. The highest BCUT2D eigenvalue weighted by molar-refractivity contribution is 9.10. The third-order valence-electron chi connectivity index (χ3n) is 2.26. The van der Waals surface area contributed by atoms with Gasteiger partial charge in [0, 0.05) is 23.1 Å². The number of rotatable bonds is 1. The minimum absolute atomic E-state index is 0.284. The Kier molecular flexibility index (Phi) is 2.80. The number of nitrogens with zero attached hydrogens (tertiary/aromatic N) is 1. The fourth-order valence-corrected chi connectivity index (χ4v) is 1.89. The number of hydrogen-bond acceptors (Lipinski definition) is 2. The van der Waals surface area contributed by atoms with Gasteiger partial charge in [-0.1, -0.05) is 11.6 Å². The summed E-state index contributed by atoms with van der Waals surface area (Å²) in [5.74, 6) is -0.789. The average Bonchev–Trinajstić information content (AvgIpc) is 2.53. The molecule has 1 heterocycles. The third-order valence-corrected chi connectivity index (χ3v) is 3.49. The summed E-state index contributed by atoms with van der Waals surface area (Å²) < 4.78 is 0.769. The summed E-state index contributed by atoms with van der Waals surface area (Å²) >= 11 is 9.17. The Morgan fingerprint density at radius 3 is 2.60 bits per heavy atom. The Hall–Kier alpha value is -0.870. The summed E-state index contributed by atoms with van der Waals surface area (Å²) in [4.78, 5) is 23.9. The molecule has 0 saturated carbocycles. The SMILES string of the molecule is O=C1CCN(c2ccc(Br)c(Cl)c2)C1=O. The summed E-state index contributed by atoms with van der Waals surface area (Å²) in [6.07, 6.45) is 0.284. The summed E-state index contributed by atoms with van der Waals surface area (Å²) in [6.45, 7) is 0.440. The molecule has 1 saturated heterocycles. The summed E-state index contributed by atoms with van der Waals surface area (Å²) in [5, 5.41) is 0.527. The van der Waals surface area contributed by atoms with Crippen LogP contribution in [0.3, 0.4) is 0 Å². The van der Waals surface area contributed by atoms with Gasteiger partial charge in [0.1, 0.15) is 0 Å². The summed E-state index contributed by atoms with van der Waals surface area (Å²) in [6, 6.07) is 5.18. The monoisotopic (exact) mass is 287 g/mol. The van der Waals surface area contributed by atoms with E-state index in [1.165, 1.54) is 4.90 Å². The zero-order valence-corrected chi connectivity index (χ0v) is 10.0. The Balaban J connectivity index is 2.34. The van der Waals surface area contributed by atoms with Gasteiger partial charge in [-0.2, -0.15) is 0 Å². The number of benzene rings is 1. The molecule has 0 N–H and O–H groups in total. The highest BCUT2D eigenvalue weighted by Gasteiger charge is 2.30. The minimum atomic E-state index is -0.451. The molecule has 0 spiro atoms. The van der Waals surface area contributed by atoms with Gasteiger partial charge in [0.2, 0.25) is 5.78 Å². The van der Waals surface area contributed by atoms with Crippen molar-refractivity contribution in [3.63, 3.8) is 0 Å². The zero-order valence-electron chi connectivity index (χ0n) is 7.67. The lowest BCUT2D eigenvalue weighted by Gasteiger charge is -2.14. The van der Waals surface area contributed by atoms with Crippen LogP contribution in [0.15, 0.2) is 22.7 Å². The Bertz CT molecular complexity index is 447. The van der Waals surface area contributed by atoms with Gasteiger partial charge in [0.05, 0.1) is 5.02 Å². The lowest BCUT2D eigenvalue weighted by Crippen LogP contribution is -2.26. The van der Waals surface area contributed by atoms with Crippen molar-refractivity contribution >= 4 is 44.9 Å². The Morgan fingerprint density at radius 2 is 2.07 bits per heavy atom. The standard InChI is InChI=1S/C10H7BrClNO2/c11-7-2-1-6(5-8(7)12)13-4-3-9(14)10(13)15/h1-2,5H,3-4H2. The third kappa shape index (κ3) is 1.92. The maximum absolute atomic E-state index is 11.4. The van der Waals surface area contributed by atoms with Gasteiger partial charge in [-0.15, -0.1) is 0 Å². The van der Waals surface area contributed by atoms with Gasteiger partial charge in [-0.05, 0) is 34.1 Å². The van der Waals surface area contributed by atoms with Gasteiger partial charge >= 0.3 is 0 Å². The first kappa shape index (κ1) is 10.6. The molecule has 1 aromatic carbocycles. The molecule has 0 aliphatic carbocycles. The van der Waals surface area contributed by atoms with Crippen LogP contribution >= 0.6 is 27.5 Å². The smallest absolute Gasteiger partial charge is 0.294 e. The molecule has 0 atom stereocenters. The van der Waals surface area contributed by atoms with E-state index in [1.54, 1.807) is 18.2 Å². The molecule has 0 unspecified atom stereocenters. The van der Waals surface area contributed by atoms with Crippen molar-refractivity contribution in [1.82, 2.24) is 0 Å². The Labute approximate surface area is 100 Å². The molecular weight excluding hydrogens is 281 g/mol. The molecule has 0 aromatic heterocycles. The van der Waals surface area contributed by atoms with E-state index in [-0.39, 0.29) is 12.2 Å². The van der Waals surface area contributed by atoms with E-state index in [0.29, 0.717) is 17.3 Å². The van der Waals surface area contributed by atoms with Crippen LogP contribution in [0.4, 0.5) is 5.69 Å². The van der Waals surface area contributed by atoms with Gasteiger partial charge in [0.15, 0.2) is 0 Å². The van der Waals surface area contributed by atoms with Crippen molar-refractivity contribution < 1.29 is 9.59 Å². The fourth-order valence-electron chi connectivity index (χ4n) is 1.47. The summed E-state index contributed by atoms with van der Waals surface area (Å²) in [5.41, 5.74) is 0.666. The largest absolute Gasteiger partial charge is 0.305 e. The number of ketones is 1. The Morgan fingerprint density at radius 1 is 1.33 bits per heavy atom. The van der Waals surface area contributed by atoms with Gasteiger partial charge in [0.25, 0.3) is 5.91 Å². The average molecular weight is 289 g/mol. The minimum Gasteiger partial charge on any atom is -0.305 e. The molecule has 0 bridgehead atoms. The van der Waals surface area contributed by atoms with E-state index >= 15 is 0 Å². The molecule has 1 aliphatic heterocycles. The van der Waals surface area contributed by atoms with Crippen molar-refractivity contribution in [3.05, 3.63) is 27.7 Å². The molecule has 0 radical (unpaired) electrons. The molecule has 78 valence electrons. The van der Waals surface area contributed by atoms with Crippen molar-refractivity contribution in [1.29, 1.82) is 0 Å². The first-order valence-electron chi connectivity index (χ1n) is 4.39. The molecule has 2 rings (SSSR count). The molecule has 15 heavy (non-hydrogen) atoms. The lowest BCUT2D eigenvalue weighted by molar-refractivity contribution is -0.133. The first-order chi connectivity index (χ1) is 7.09. The van der Waals surface area contributed by atoms with Crippen molar-refractivity contribution in [2.75, 3.05) is 11.4 Å². The normalized spacial score (nSPS) is 16.3. The van der Waals surface area contributed by atoms with Crippen LogP contribution in [-0.4, -0.2) is 18.2 Å². The number of anilines is 1. The first-order valence-corrected chi connectivity index (χ1v) is 5.56. The second-order valence-corrected chi connectivity index (χ2v) is 4.49. The van der Waals surface area contributed by atoms with Crippen LogP contribution < -0.4 is 4.90 Å². The number of amides is 1. The van der Waals surface area contributed by atoms with Crippen molar-refractivity contribution in [3.8, 4) is 0 Å². The van der Waals surface area contributed by atoms with E-state index in [4.69, 9.17) is 11.6 Å². The van der Waals surface area contributed by atoms with E-state index in [0.717, 1.165) is 4.47 Å². The molecule has 1 amide bonds. The van der Waals surface area contributed by atoms with Crippen LogP contribution in [0.25, 0.3) is 0 Å². The van der Waals surface area contributed by atoms with E-state index in [1.807, 2.05) is 0 Å². The highest BCUT2D eigenvalue weighted by atomic mass is 79.9. The quantitative estimate of drug-likeness (QED) is 0.744. The molecule has 5 heteroatoms. The van der Waals surface area contributed by atoms with Gasteiger partial charge in [-0.3, -0.25) is 9.59 Å². The number of carbonyl (C=O) groups is 2. The highest BCUT2D eigenvalue weighted by Crippen LogP contribution is 2.29. The van der Waals surface area contributed by atoms with Crippen LogP contribution in [-0.2, 0) is 9.59 Å². The van der Waals surface area contributed by atoms with Gasteiger partial charge in [-0.25, -0.2) is 0 Å². The molecular formula is C10H7BrClNO2. The van der Waals surface area contributed by atoms with E-state index in [2.05, 4.69) is 15.9 Å². The molecule has 3 nitrogen and oxygen atoms in total. The molecule has 1 aliphatic rings. The maximum Gasteiger partial charge on any atom is 0.294 e. The van der Waals surface area contributed by atoms with E-state index in [9.17, 15) is 9.59 Å². The molecule has 1 fully saturated rings. The molecule has 1 aromatic rings. The van der Waals surface area contributed by atoms with E-state index < -0.39 is 5.91 Å². The lowest BCUT2D eigenvalue weighted by atomic mass is 10.3.